The van der Waals surface area contributed by atoms with E-state index in [9.17, 15) is 13.2 Å². The molecule has 0 saturated carbocycles. The molecule has 26 heavy (non-hydrogen) atoms. The molecule has 0 aliphatic rings. The second-order valence-electron chi connectivity index (χ2n) is 5.43. The molecule has 2 N–H and O–H groups in total. The molecule has 3 aromatic rings. The number of carbonyl (C=O) groups excluding carboxylic acids is 1. The lowest BCUT2D eigenvalue weighted by Crippen LogP contribution is -2.19. The molecule has 9 heteroatoms. The van der Waals surface area contributed by atoms with Crippen molar-refractivity contribution in [2.45, 2.75) is 11.8 Å². The Bertz CT molecular complexity index is 1060. The Hall–Kier alpha value is -2.65. The highest BCUT2D eigenvalue weighted by Gasteiger charge is 2.13. The number of carbonyl (C=O) groups is 1. The Labute approximate surface area is 154 Å². The van der Waals surface area contributed by atoms with E-state index >= 15 is 0 Å². The molecule has 0 unspecified atom stereocenters. The lowest BCUT2D eigenvalue weighted by Gasteiger charge is -2.11. The van der Waals surface area contributed by atoms with Crippen molar-refractivity contribution >= 4 is 48.2 Å². The summed E-state index contributed by atoms with van der Waals surface area (Å²) in [4.78, 5) is 16.7. The van der Waals surface area contributed by atoms with Gasteiger partial charge < -0.3 is 10.1 Å². The number of hydrogen-bond donors (Lipinski definition) is 2. The summed E-state index contributed by atoms with van der Waals surface area (Å²) >= 11 is 1.20. The van der Waals surface area contributed by atoms with Crippen molar-refractivity contribution in [3.63, 3.8) is 0 Å². The number of urea groups is 1. The molecule has 3 rings (SSSR count). The summed E-state index contributed by atoms with van der Waals surface area (Å²) < 4.78 is 29.4. The van der Waals surface area contributed by atoms with E-state index in [2.05, 4.69) is 15.6 Å². The molecule has 0 fully saturated rings. The Kier molecular flexibility index (Phi) is 5.10. The minimum atomic E-state index is -3.29. The first-order valence-corrected chi connectivity index (χ1v) is 10.5. The fraction of sp³-hybridized carbons (Fsp3) is 0.176. The third-order valence-corrected chi connectivity index (χ3v) is 5.49. The number of aromatic nitrogens is 1. The molecule has 136 valence electrons. The normalized spacial score (nSPS) is 11.3. The summed E-state index contributed by atoms with van der Waals surface area (Å²) in [7, 11) is -3.29. The zero-order valence-corrected chi connectivity index (χ0v) is 15.8. The number of para-hydroxylation sites is 2. The van der Waals surface area contributed by atoms with Crippen LogP contribution in [0, 0.1) is 0 Å². The highest BCUT2D eigenvalue weighted by molar-refractivity contribution is 7.90. The van der Waals surface area contributed by atoms with Gasteiger partial charge in [-0.15, -0.1) is 0 Å². The van der Waals surface area contributed by atoms with E-state index in [4.69, 9.17) is 4.74 Å². The van der Waals surface area contributed by atoms with Crippen LogP contribution in [0.4, 0.5) is 15.6 Å². The summed E-state index contributed by atoms with van der Waals surface area (Å²) in [6.45, 7) is 2.35. The van der Waals surface area contributed by atoms with E-state index in [1.54, 1.807) is 30.3 Å². The van der Waals surface area contributed by atoms with Gasteiger partial charge in [-0.3, -0.25) is 5.32 Å². The molecular formula is C17H17N3O4S2. The monoisotopic (exact) mass is 391 g/mol. The number of rotatable bonds is 5. The quantitative estimate of drug-likeness (QED) is 0.690. The first-order valence-electron chi connectivity index (χ1n) is 7.77. The topological polar surface area (TPSA) is 97.4 Å². The molecular weight excluding hydrogens is 374 g/mol. The van der Waals surface area contributed by atoms with Crippen molar-refractivity contribution in [1.29, 1.82) is 0 Å². The fourth-order valence-corrected chi connectivity index (χ4v) is 3.91. The van der Waals surface area contributed by atoms with Crippen LogP contribution in [0.3, 0.4) is 0 Å². The standard InChI is InChI=1S/C17H17N3O4S2/c1-3-24-14-7-5-4-6-12(14)18-16(21)20-17-19-13-9-8-11(26(2,22)23)10-15(13)25-17/h4-10H,3H2,1-2H3,(H2,18,19,20,21). The highest BCUT2D eigenvalue weighted by Crippen LogP contribution is 2.29. The van der Waals surface area contributed by atoms with Crippen LogP contribution in [0.25, 0.3) is 10.2 Å². The number of amides is 2. The van der Waals surface area contributed by atoms with Crippen molar-refractivity contribution in [3.05, 3.63) is 42.5 Å². The first-order chi connectivity index (χ1) is 12.4. The minimum absolute atomic E-state index is 0.218. The van der Waals surface area contributed by atoms with Crippen LogP contribution in [-0.4, -0.2) is 32.3 Å². The molecule has 1 aromatic heterocycles. The average molecular weight is 391 g/mol. The lowest BCUT2D eigenvalue weighted by atomic mass is 10.3. The van der Waals surface area contributed by atoms with Gasteiger partial charge in [-0.1, -0.05) is 23.5 Å². The second kappa shape index (κ2) is 7.30. The third kappa shape index (κ3) is 4.12. The first kappa shape index (κ1) is 18.2. The Morgan fingerprint density at radius 1 is 1.19 bits per heavy atom. The van der Waals surface area contributed by atoms with Gasteiger partial charge >= 0.3 is 6.03 Å². The smallest absolute Gasteiger partial charge is 0.325 e. The molecule has 0 atom stereocenters. The number of thiazole rings is 1. The van der Waals surface area contributed by atoms with Crippen LogP contribution >= 0.6 is 11.3 Å². The Morgan fingerprint density at radius 2 is 1.96 bits per heavy atom. The summed E-state index contributed by atoms with van der Waals surface area (Å²) in [6, 6.07) is 11.3. The van der Waals surface area contributed by atoms with Gasteiger partial charge in [-0.05, 0) is 37.3 Å². The fourth-order valence-electron chi connectivity index (χ4n) is 2.29. The molecule has 2 aromatic carbocycles. The predicted molar refractivity (Wildman–Crippen MR) is 103 cm³/mol. The van der Waals surface area contributed by atoms with Gasteiger partial charge in [0.05, 0.1) is 27.4 Å². The van der Waals surface area contributed by atoms with Crippen LogP contribution in [0.5, 0.6) is 5.75 Å². The molecule has 0 aliphatic heterocycles. The molecule has 0 spiro atoms. The number of fused-ring (bicyclic) bond motifs is 1. The summed E-state index contributed by atoms with van der Waals surface area (Å²) in [5.74, 6) is 0.576. The zero-order chi connectivity index (χ0) is 18.7. The van der Waals surface area contributed by atoms with Gasteiger partial charge in [0.2, 0.25) is 0 Å². The van der Waals surface area contributed by atoms with E-state index in [0.29, 0.717) is 33.4 Å². The van der Waals surface area contributed by atoms with E-state index in [-0.39, 0.29) is 4.90 Å². The van der Waals surface area contributed by atoms with E-state index in [1.807, 2.05) is 13.0 Å². The van der Waals surface area contributed by atoms with Crippen LogP contribution in [-0.2, 0) is 9.84 Å². The number of nitrogens with zero attached hydrogens (tertiary/aromatic N) is 1. The van der Waals surface area contributed by atoms with Gasteiger partial charge in [-0.2, -0.15) is 0 Å². The van der Waals surface area contributed by atoms with Gasteiger partial charge in [0.25, 0.3) is 0 Å². The highest BCUT2D eigenvalue weighted by atomic mass is 32.2. The molecule has 0 aliphatic carbocycles. The maximum absolute atomic E-state index is 12.2. The zero-order valence-electron chi connectivity index (χ0n) is 14.1. The number of benzene rings is 2. The van der Waals surface area contributed by atoms with Gasteiger partial charge in [0, 0.05) is 6.26 Å². The van der Waals surface area contributed by atoms with Gasteiger partial charge in [-0.25, -0.2) is 18.2 Å². The Balaban J connectivity index is 1.77. The Morgan fingerprint density at radius 3 is 2.69 bits per heavy atom. The molecule has 1 heterocycles. The van der Waals surface area contributed by atoms with E-state index in [1.165, 1.54) is 17.4 Å². The van der Waals surface area contributed by atoms with Crippen molar-refractivity contribution in [3.8, 4) is 5.75 Å². The summed E-state index contributed by atoms with van der Waals surface area (Å²) in [5.41, 5.74) is 1.17. The number of hydrogen-bond acceptors (Lipinski definition) is 6. The average Bonchev–Trinajstić information content (AvgIpc) is 2.97. The number of nitrogens with one attached hydrogen (secondary N) is 2. The van der Waals surface area contributed by atoms with Crippen LogP contribution in [0.2, 0.25) is 0 Å². The lowest BCUT2D eigenvalue weighted by molar-refractivity contribution is 0.262. The maximum atomic E-state index is 12.2. The summed E-state index contributed by atoms with van der Waals surface area (Å²) in [6.07, 6.45) is 1.15. The van der Waals surface area contributed by atoms with Gasteiger partial charge in [0.15, 0.2) is 15.0 Å². The van der Waals surface area contributed by atoms with Crippen LogP contribution < -0.4 is 15.4 Å². The summed E-state index contributed by atoms with van der Waals surface area (Å²) in [5, 5.41) is 5.75. The van der Waals surface area contributed by atoms with E-state index < -0.39 is 15.9 Å². The van der Waals surface area contributed by atoms with Gasteiger partial charge in [0.1, 0.15) is 5.75 Å². The van der Waals surface area contributed by atoms with Crippen molar-refractivity contribution in [1.82, 2.24) is 4.98 Å². The van der Waals surface area contributed by atoms with Crippen LogP contribution in [0.15, 0.2) is 47.4 Å². The minimum Gasteiger partial charge on any atom is -0.492 e. The SMILES string of the molecule is CCOc1ccccc1NC(=O)Nc1nc2ccc(S(C)(=O)=O)cc2s1. The molecule has 7 nitrogen and oxygen atoms in total. The number of anilines is 2. The van der Waals surface area contributed by atoms with Crippen molar-refractivity contribution in [2.24, 2.45) is 0 Å². The molecule has 0 saturated heterocycles. The van der Waals surface area contributed by atoms with Crippen molar-refractivity contribution < 1.29 is 17.9 Å². The predicted octanol–water partition coefficient (Wildman–Crippen LogP) is 3.74. The molecule has 0 radical (unpaired) electrons. The second-order valence-corrected chi connectivity index (χ2v) is 8.48. The van der Waals surface area contributed by atoms with Crippen molar-refractivity contribution in [2.75, 3.05) is 23.5 Å². The molecule has 0 bridgehead atoms. The number of ether oxygens (including phenoxy) is 1. The van der Waals surface area contributed by atoms with Crippen LogP contribution in [0.1, 0.15) is 6.92 Å². The molecule has 2 amide bonds. The maximum Gasteiger partial charge on any atom is 0.325 e. The van der Waals surface area contributed by atoms with E-state index in [0.717, 1.165) is 6.26 Å². The third-order valence-electron chi connectivity index (χ3n) is 3.44. The number of sulfone groups is 1. The largest absolute Gasteiger partial charge is 0.492 e.